The minimum absolute atomic E-state index is 0.0944. The van der Waals surface area contributed by atoms with Crippen LogP contribution in [0, 0.1) is 26.7 Å². The highest BCUT2D eigenvalue weighted by Crippen LogP contribution is 2.35. The highest BCUT2D eigenvalue weighted by Gasteiger charge is 2.22. The number of aromatic nitrogens is 4. The number of pyridine rings is 2. The summed E-state index contributed by atoms with van der Waals surface area (Å²) < 4.78 is 3.89. The molecule has 0 spiro atoms. The number of aryl methyl sites for hydroxylation is 4. The third kappa shape index (κ3) is 4.92. The van der Waals surface area contributed by atoms with Crippen molar-refractivity contribution in [2.24, 2.45) is 13.0 Å². The van der Waals surface area contributed by atoms with Gasteiger partial charge in [0.05, 0.1) is 0 Å². The van der Waals surface area contributed by atoms with Crippen LogP contribution in [-0.2, 0) is 20.1 Å². The zero-order valence-electron chi connectivity index (χ0n) is 24.2. The second-order valence-electron chi connectivity index (χ2n) is 11.7. The van der Waals surface area contributed by atoms with Crippen molar-refractivity contribution in [3.8, 4) is 11.1 Å². The van der Waals surface area contributed by atoms with E-state index in [2.05, 4.69) is 39.0 Å². The zero-order valence-corrected chi connectivity index (χ0v) is 24.2. The molecule has 212 valence electrons. The van der Waals surface area contributed by atoms with Gasteiger partial charge in [-0.15, -0.1) is 0 Å². The van der Waals surface area contributed by atoms with Gasteiger partial charge in [0.15, 0.2) is 0 Å². The summed E-state index contributed by atoms with van der Waals surface area (Å²) in [5.41, 5.74) is 6.83. The van der Waals surface area contributed by atoms with E-state index in [1.807, 2.05) is 38.2 Å². The van der Waals surface area contributed by atoms with Crippen LogP contribution < -0.4 is 16.4 Å². The fourth-order valence-corrected chi connectivity index (χ4v) is 6.63. The van der Waals surface area contributed by atoms with Gasteiger partial charge in [0.2, 0.25) is 0 Å². The monoisotopic (exact) mass is 551 g/mol. The predicted octanol–water partition coefficient (Wildman–Crippen LogP) is 5.61. The molecule has 0 bridgehead atoms. The summed E-state index contributed by atoms with van der Waals surface area (Å²) in [5.74, 6) is 0.384. The fraction of sp³-hybridized carbons (Fsp3) is 0.364. The number of benzene rings is 1. The number of nitrogens with zero attached hydrogens (tertiary/aromatic N) is 2. The molecule has 6 rings (SSSR count). The molecule has 1 amide bonds. The Morgan fingerprint density at radius 2 is 1.80 bits per heavy atom. The highest BCUT2D eigenvalue weighted by molar-refractivity contribution is 6.10. The van der Waals surface area contributed by atoms with E-state index in [1.54, 1.807) is 17.8 Å². The summed E-state index contributed by atoms with van der Waals surface area (Å²) in [6, 6.07) is 7.91. The van der Waals surface area contributed by atoms with Crippen molar-refractivity contribution >= 4 is 27.7 Å². The normalized spacial score (nSPS) is 14.2. The Morgan fingerprint density at radius 3 is 2.56 bits per heavy atom. The summed E-state index contributed by atoms with van der Waals surface area (Å²) >= 11 is 0. The number of nitrogens with one attached hydrogen (secondary N) is 3. The number of fused-ring (bicyclic) bond motifs is 2. The molecule has 1 aliphatic rings. The third-order valence-corrected chi connectivity index (χ3v) is 8.72. The van der Waals surface area contributed by atoms with E-state index in [1.165, 1.54) is 32.1 Å². The number of rotatable bonds is 6. The molecule has 5 aromatic rings. The minimum Gasteiger partial charge on any atom is -0.357 e. The molecule has 4 aromatic heterocycles. The van der Waals surface area contributed by atoms with Crippen molar-refractivity contribution in [3.05, 3.63) is 91.5 Å². The molecule has 4 heterocycles. The molecule has 0 radical (unpaired) electrons. The molecular weight excluding hydrogens is 514 g/mol. The first kappa shape index (κ1) is 26.9. The van der Waals surface area contributed by atoms with Gasteiger partial charge < -0.3 is 24.4 Å². The number of hydrogen-bond donors (Lipinski definition) is 3. The molecule has 0 unspecified atom stereocenters. The van der Waals surface area contributed by atoms with Crippen LogP contribution in [0.25, 0.3) is 32.9 Å². The van der Waals surface area contributed by atoms with E-state index in [0.29, 0.717) is 22.6 Å². The van der Waals surface area contributed by atoms with Gasteiger partial charge in [0, 0.05) is 77.4 Å². The SMILES string of the molecule is Cc1cc(C)c(CNC(=O)c2cc(-c3cn(C)c(=O)c4[nH]ccc34)cc3c2c(C)cn3CC2CCCCC2)c(=O)[nH]1. The average Bonchev–Trinajstić information content (AvgIpc) is 3.55. The molecule has 41 heavy (non-hydrogen) atoms. The van der Waals surface area contributed by atoms with Crippen LogP contribution in [0.15, 0.2) is 52.4 Å². The lowest BCUT2D eigenvalue weighted by atomic mass is 9.89. The van der Waals surface area contributed by atoms with Crippen molar-refractivity contribution in [1.82, 2.24) is 24.4 Å². The van der Waals surface area contributed by atoms with Crippen molar-refractivity contribution in [2.45, 2.75) is 66.0 Å². The Bertz CT molecular complexity index is 1910. The Labute approximate surface area is 238 Å². The number of carbonyl (C=O) groups is 1. The van der Waals surface area contributed by atoms with Gasteiger partial charge in [-0.2, -0.15) is 0 Å². The largest absolute Gasteiger partial charge is 0.357 e. The predicted molar refractivity (Wildman–Crippen MR) is 163 cm³/mol. The molecule has 0 aliphatic heterocycles. The minimum atomic E-state index is -0.232. The van der Waals surface area contributed by atoms with Crippen LogP contribution in [-0.4, -0.2) is 25.0 Å². The molecule has 8 nitrogen and oxygen atoms in total. The van der Waals surface area contributed by atoms with Crippen LogP contribution in [0.5, 0.6) is 0 Å². The Balaban J connectivity index is 1.49. The second-order valence-corrected chi connectivity index (χ2v) is 11.7. The standard InChI is InChI=1S/C33H37N5O3/c1-19-12-21(3)36-32(40)26(19)15-35-31(39)25-13-23(27-18-37(4)33(41)30-24(27)10-11-34-30)14-28-29(25)20(2)16-38(28)17-22-8-6-5-7-9-22/h10-14,16,18,22,34H,5-9,15,17H2,1-4H3,(H,35,39)(H,36,40). The van der Waals surface area contributed by atoms with Gasteiger partial charge >= 0.3 is 0 Å². The summed E-state index contributed by atoms with van der Waals surface area (Å²) in [4.78, 5) is 45.2. The first-order valence-corrected chi connectivity index (χ1v) is 14.5. The number of H-pyrrole nitrogens is 2. The molecule has 0 saturated heterocycles. The summed E-state index contributed by atoms with van der Waals surface area (Å²) in [5, 5.41) is 4.77. The average molecular weight is 552 g/mol. The molecular formula is C33H37N5O3. The van der Waals surface area contributed by atoms with E-state index >= 15 is 0 Å². The number of amides is 1. The molecule has 1 fully saturated rings. The molecule has 1 aromatic carbocycles. The van der Waals surface area contributed by atoms with Crippen LogP contribution in [0.4, 0.5) is 0 Å². The van der Waals surface area contributed by atoms with E-state index in [9.17, 15) is 14.4 Å². The van der Waals surface area contributed by atoms with Crippen molar-refractivity contribution in [1.29, 1.82) is 0 Å². The molecule has 0 atom stereocenters. The maximum atomic E-state index is 13.9. The number of aromatic amines is 2. The van der Waals surface area contributed by atoms with Gasteiger partial charge in [0.1, 0.15) is 5.52 Å². The summed E-state index contributed by atoms with van der Waals surface area (Å²) in [6.45, 7) is 6.84. The van der Waals surface area contributed by atoms with Crippen molar-refractivity contribution in [2.75, 3.05) is 0 Å². The van der Waals surface area contributed by atoms with Gasteiger partial charge in [-0.05, 0) is 80.5 Å². The lowest BCUT2D eigenvalue weighted by Crippen LogP contribution is -2.28. The first-order chi connectivity index (χ1) is 19.7. The second kappa shape index (κ2) is 10.6. The molecule has 8 heteroatoms. The van der Waals surface area contributed by atoms with E-state index in [0.717, 1.165) is 50.8 Å². The quantitative estimate of drug-likeness (QED) is 0.255. The Morgan fingerprint density at radius 1 is 1.02 bits per heavy atom. The number of hydrogen-bond acceptors (Lipinski definition) is 3. The lowest BCUT2D eigenvalue weighted by Gasteiger charge is -2.22. The number of carbonyl (C=O) groups excluding carboxylic acids is 1. The van der Waals surface area contributed by atoms with Crippen molar-refractivity contribution < 1.29 is 4.79 Å². The summed E-state index contributed by atoms with van der Waals surface area (Å²) in [6.07, 6.45) is 12.1. The third-order valence-electron chi connectivity index (χ3n) is 8.72. The Hall–Kier alpha value is -4.33. The van der Waals surface area contributed by atoms with Crippen LogP contribution in [0.2, 0.25) is 0 Å². The summed E-state index contributed by atoms with van der Waals surface area (Å²) in [7, 11) is 1.75. The molecule has 3 N–H and O–H groups in total. The van der Waals surface area contributed by atoms with Gasteiger partial charge in [0.25, 0.3) is 17.0 Å². The fourth-order valence-electron chi connectivity index (χ4n) is 6.63. The maximum absolute atomic E-state index is 13.9. The zero-order chi connectivity index (χ0) is 28.8. The lowest BCUT2D eigenvalue weighted by molar-refractivity contribution is 0.0952. The maximum Gasteiger partial charge on any atom is 0.274 e. The van der Waals surface area contributed by atoms with Gasteiger partial charge in [-0.3, -0.25) is 14.4 Å². The topological polar surface area (TPSA) is 105 Å². The molecule has 1 aliphatic carbocycles. The van der Waals surface area contributed by atoms with Crippen molar-refractivity contribution in [3.63, 3.8) is 0 Å². The van der Waals surface area contributed by atoms with E-state index < -0.39 is 0 Å². The van der Waals surface area contributed by atoms with Crippen LogP contribution in [0.1, 0.15) is 64.8 Å². The molecule has 1 saturated carbocycles. The van der Waals surface area contributed by atoms with Crippen LogP contribution >= 0.6 is 0 Å². The highest BCUT2D eigenvalue weighted by atomic mass is 16.2. The van der Waals surface area contributed by atoms with Gasteiger partial charge in [-0.25, -0.2) is 0 Å². The van der Waals surface area contributed by atoms with Crippen LogP contribution in [0.3, 0.4) is 0 Å². The van der Waals surface area contributed by atoms with Gasteiger partial charge in [-0.1, -0.05) is 19.3 Å². The van der Waals surface area contributed by atoms with E-state index in [4.69, 9.17) is 0 Å². The van der Waals surface area contributed by atoms with E-state index in [-0.39, 0.29) is 23.6 Å². The smallest absolute Gasteiger partial charge is 0.274 e. The first-order valence-electron chi connectivity index (χ1n) is 14.5. The Kier molecular flexibility index (Phi) is 6.93.